The van der Waals surface area contributed by atoms with Crippen molar-refractivity contribution >= 4 is 50.0 Å². The van der Waals surface area contributed by atoms with Crippen LogP contribution in [0.25, 0.3) is 10.2 Å². The van der Waals surface area contributed by atoms with Gasteiger partial charge in [-0.25, -0.2) is 4.98 Å². The Hall–Kier alpha value is -2.64. The second-order valence-electron chi connectivity index (χ2n) is 6.78. The molecule has 0 saturated heterocycles. The van der Waals surface area contributed by atoms with Crippen molar-refractivity contribution in [2.45, 2.75) is 26.5 Å². The smallest absolute Gasteiger partial charge is 0.243 e. The first-order chi connectivity index (χ1) is 14.0. The van der Waals surface area contributed by atoms with Crippen molar-refractivity contribution in [3.8, 4) is 0 Å². The van der Waals surface area contributed by atoms with Crippen LogP contribution in [0, 0.1) is 20.8 Å². The number of fused-ring (bicyclic) bond motifs is 1. The standard InChI is InChI=1S/C22H21N3O2S2/c1-14-8-4-6-10-19(14)25(22-23-18-9-5-7-11-20(18)29-22)21(26)13-28-12-17-15(2)24-27-16(17)3/h4-11H,12-13H2,1-3H3. The van der Waals surface area contributed by atoms with Gasteiger partial charge in [-0.15, -0.1) is 11.8 Å². The summed E-state index contributed by atoms with van der Waals surface area (Å²) >= 11 is 3.10. The van der Waals surface area contributed by atoms with Crippen LogP contribution in [0.4, 0.5) is 10.8 Å². The van der Waals surface area contributed by atoms with E-state index in [1.807, 2.05) is 69.3 Å². The maximum absolute atomic E-state index is 13.3. The number of carbonyl (C=O) groups excluding carboxylic acids is 1. The van der Waals surface area contributed by atoms with Gasteiger partial charge in [-0.2, -0.15) is 0 Å². The predicted molar refractivity (Wildman–Crippen MR) is 120 cm³/mol. The first kappa shape index (κ1) is 19.7. The van der Waals surface area contributed by atoms with Gasteiger partial charge in [-0.3, -0.25) is 9.69 Å². The molecule has 0 atom stereocenters. The molecule has 0 N–H and O–H groups in total. The van der Waals surface area contributed by atoms with Crippen LogP contribution in [0.15, 0.2) is 53.1 Å². The van der Waals surface area contributed by atoms with Crippen molar-refractivity contribution in [2.75, 3.05) is 10.7 Å². The molecule has 0 aliphatic rings. The highest BCUT2D eigenvalue weighted by Crippen LogP contribution is 2.35. The van der Waals surface area contributed by atoms with Gasteiger partial charge in [-0.1, -0.05) is 46.8 Å². The largest absolute Gasteiger partial charge is 0.361 e. The van der Waals surface area contributed by atoms with Crippen LogP contribution in [-0.4, -0.2) is 21.8 Å². The Morgan fingerprint density at radius 1 is 1.10 bits per heavy atom. The van der Waals surface area contributed by atoms with E-state index in [2.05, 4.69) is 5.16 Å². The van der Waals surface area contributed by atoms with Gasteiger partial charge in [0.25, 0.3) is 0 Å². The monoisotopic (exact) mass is 423 g/mol. The number of anilines is 2. The molecule has 2 aromatic carbocycles. The lowest BCUT2D eigenvalue weighted by Gasteiger charge is -2.21. The van der Waals surface area contributed by atoms with Crippen LogP contribution in [0.3, 0.4) is 0 Å². The highest BCUT2D eigenvalue weighted by atomic mass is 32.2. The van der Waals surface area contributed by atoms with E-state index in [0.29, 0.717) is 16.6 Å². The molecule has 0 aliphatic heterocycles. The van der Waals surface area contributed by atoms with E-state index >= 15 is 0 Å². The average Bonchev–Trinajstić information content (AvgIpc) is 3.27. The number of aromatic nitrogens is 2. The molecule has 2 heterocycles. The number of nitrogens with zero attached hydrogens (tertiary/aromatic N) is 3. The minimum Gasteiger partial charge on any atom is -0.361 e. The van der Waals surface area contributed by atoms with E-state index in [1.165, 1.54) is 11.3 Å². The maximum atomic E-state index is 13.3. The molecule has 0 unspecified atom stereocenters. The Bertz CT molecular complexity index is 1110. The quantitative estimate of drug-likeness (QED) is 0.392. The molecule has 5 nitrogen and oxygen atoms in total. The van der Waals surface area contributed by atoms with E-state index in [9.17, 15) is 4.79 Å². The molecule has 148 valence electrons. The third-order valence-electron chi connectivity index (χ3n) is 4.73. The summed E-state index contributed by atoms with van der Waals surface area (Å²) in [5.74, 6) is 1.85. The van der Waals surface area contributed by atoms with Crippen molar-refractivity contribution in [1.29, 1.82) is 0 Å². The van der Waals surface area contributed by atoms with Crippen LogP contribution in [0.5, 0.6) is 0 Å². The SMILES string of the molecule is Cc1ccccc1N(C(=O)CSCc1c(C)noc1C)c1nc2ccccc2s1. The third kappa shape index (κ3) is 4.06. The van der Waals surface area contributed by atoms with Gasteiger partial charge in [0.05, 0.1) is 27.4 Å². The number of amides is 1. The van der Waals surface area contributed by atoms with Crippen molar-refractivity contribution in [3.63, 3.8) is 0 Å². The first-order valence-corrected chi connectivity index (χ1v) is 11.3. The Balaban J connectivity index is 1.61. The van der Waals surface area contributed by atoms with Gasteiger partial charge in [0.1, 0.15) is 5.76 Å². The lowest BCUT2D eigenvalue weighted by atomic mass is 10.2. The molecule has 29 heavy (non-hydrogen) atoms. The summed E-state index contributed by atoms with van der Waals surface area (Å²) in [4.78, 5) is 19.8. The lowest BCUT2D eigenvalue weighted by molar-refractivity contribution is -0.115. The lowest BCUT2D eigenvalue weighted by Crippen LogP contribution is -2.28. The van der Waals surface area contributed by atoms with Gasteiger partial charge < -0.3 is 4.52 Å². The first-order valence-electron chi connectivity index (χ1n) is 9.28. The molecule has 4 aromatic rings. The third-order valence-corrected chi connectivity index (χ3v) is 6.70. The fourth-order valence-corrected chi connectivity index (χ4v) is 5.15. The Kier molecular flexibility index (Phi) is 5.69. The number of carbonyl (C=O) groups is 1. The van der Waals surface area contributed by atoms with Gasteiger partial charge >= 0.3 is 0 Å². The number of thioether (sulfide) groups is 1. The zero-order valence-electron chi connectivity index (χ0n) is 16.5. The van der Waals surface area contributed by atoms with Crippen LogP contribution < -0.4 is 4.90 Å². The zero-order valence-corrected chi connectivity index (χ0v) is 18.1. The Labute approximate surface area is 177 Å². The molecule has 4 rings (SSSR count). The van der Waals surface area contributed by atoms with Crippen molar-refractivity contribution in [1.82, 2.24) is 10.1 Å². The summed E-state index contributed by atoms with van der Waals surface area (Å²) in [5.41, 5.74) is 4.75. The summed E-state index contributed by atoms with van der Waals surface area (Å²) in [5, 5.41) is 4.69. The fourth-order valence-electron chi connectivity index (χ4n) is 3.13. The number of benzene rings is 2. The highest BCUT2D eigenvalue weighted by Gasteiger charge is 2.23. The molecule has 1 amide bonds. The van der Waals surface area contributed by atoms with Crippen LogP contribution in [-0.2, 0) is 10.5 Å². The molecule has 2 aromatic heterocycles. The summed E-state index contributed by atoms with van der Waals surface area (Å²) in [6.45, 7) is 5.84. The Morgan fingerprint density at radius 2 is 1.86 bits per heavy atom. The van der Waals surface area contributed by atoms with Crippen LogP contribution >= 0.6 is 23.1 Å². The number of thiazole rings is 1. The van der Waals surface area contributed by atoms with Crippen LogP contribution in [0.2, 0.25) is 0 Å². The average molecular weight is 424 g/mol. The predicted octanol–water partition coefficient (Wildman–Crippen LogP) is 5.81. The molecule has 0 radical (unpaired) electrons. The summed E-state index contributed by atoms with van der Waals surface area (Å²) in [6, 6.07) is 15.9. The molecule has 0 saturated carbocycles. The molecular weight excluding hydrogens is 402 g/mol. The number of hydrogen-bond donors (Lipinski definition) is 0. The van der Waals surface area contributed by atoms with Gasteiger partial charge in [0, 0.05) is 11.3 Å². The molecule has 0 fully saturated rings. The van der Waals surface area contributed by atoms with Crippen molar-refractivity contribution in [3.05, 3.63) is 71.1 Å². The summed E-state index contributed by atoms with van der Waals surface area (Å²) < 4.78 is 6.29. The summed E-state index contributed by atoms with van der Waals surface area (Å²) in [7, 11) is 0. The number of aryl methyl sites for hydroxylation is 3. The Morgan fingerprint density at radius 3 is 2.59 bits per heavy atom. The molecule has 7 heteroatoms. The minimum atomic E-state index is 0.00937. The van der Waals surface area contributed by atoms with E-state index in [-0.39, 0.29) is 5.91 Å². The van der Waals surface area contributed by atoms with E-state index in [0.717, 1.165) is 38.5 Å². The van der Waals surface area contributed by atoms with E-state index in [1.54, 1.807) is 16.7 Å². The molecule has 0 aliphatic carbocycles. The van der Waals surface area contributed by atoms with Crippen molar-refractivity contribution < 1.29 is 9.32 Å². The van der Waals surface area contributed by atoms with Gasteiger partial charge in [0.2, 0.25) is 5.91 Å². The summed E-state index contributed by atoms with van der Waals surface area (Å²) in [6.07, 6.45) is 0. The molecule has 0 spiro atoms. The van der Waals surface area contributed by atoms with E-state index in [4.69, 9.17) is 9.51 Å². The topological polar surface area (TPSA) is 59.2 Å². The normalized spacial score (nSPS) is 11.1. The zero-order chi connectivity index (χ0) is 20.4. The maximum Gasteiger partial charge on any atom is 0.243 e. The second-order valence-corrected chi connectivity index (χ2v) is 8.77. The van der Waals surface area contributed by atoms with E-state index < -0.39 is 0 Å². The number of hydrogen-bond acceptors (Lipinski definition) is 6. The molecule has 0 bridgehead atoms. The van der Waals surface area contributed by atoms with Gasteiger partial charge in [0.15, 0.2) is 5.13 Å². The van der Waals surface area contributed by atoms with Gasteiger partial charge in [-0.05, 0) is 44.5 Å². The highest BCUT2D eigenvalue weighted by molar-refractivity contribution is 7.99. The number of para-hydroxylation sites is 2. The fraction of sp³-hybridized carbons (Fsp3) is 0.227. The molecular formula is C22H21N3O2S2. The minimum absolute atomic E-state index is 0.00937. The van der Waals surface area contributed by atoms with Crippen LogP contribution in [0.1, 0.15) is 22.6 Å². The number of rotatable bonds is 6. The second kappa shape index (κ2) is 8.39. The van der Waals surface area contributed by atoms with Crippen molar-refractivity contribution in [2.24, 2.45) is 0 Å².